The topological polar surface area (TPSA) is 44.3 Å². The van der Waals surface area contributed by atoms with Gasteiger partial charge in [-0.05, 0) is 18.6 Å². The second-order valence-electron chi connectivity index (χ2n) is 4.00. The molecule has 0 spiro atoms. The molecule has 3 heteroatoms. The standard InChI is InChI=1S/C13H16NO2/c1-10-6-7-14(8-11(16)9-15)13-5-3-2-4-12(10)13/h2-7,11,15-16H,8-9H2,1H3/q+1. The van der Waals surface area contributed by atoms with Crippen molar-refractivity contribution in [1.29, 1.82) is 0 Å². The molecular weight excluding hydrogens is 202 g/mol. The summed E-state index contributed by atoms with van der Waals surface area (Å²) in [6, 6.07) is 10.1. The Hall–Kier alpha value is -1.45. The molecule has 0 bridgehead atoms. The van der Waals surface area contributed by atoms with Gasteiger partial charge in [0.05, 0.1) is 6.61 Å². The highest BCUT2D eigenvalue weighted by molar-refractivity contribution is 5.78. The van der Waals surface area contributed by atoms with E-state index in [4.69, 9.17) is 5.11 Å². The molecule has 1 aromatic carbocycles. The molecule has 2 aromatic rings. The molecule has 0 aliphatic rings. The predicted octanol–water partition coefficient (Wildman–Crippen LogP) is 0.789. The number of aromatic nitrogens is 1. The number of aliphatic hydroxyl groups is 2. The van der Waals surface area contributed by atoms with Gasteiger partial charge >= 0.3 is 0 Å². The lowest BCUT2D eigenvalue weighted by molar-refractivity contribution is -0.678. The van der Waals surface area contributed by atoms with Crippen LogP contribution >= 0.6 is 0 Å². The number of hydrogen-bond donors (Lipinski definition) is 2. The molecule has 0 saturated heterocycles. The quantitative estimate of drug-likeness (QED) is 0.748. The first-order chi connectivity index (χ1) is 7.72. The minimum atomic E-state index is -0.712. The van der Waals surface area contributed by atoms with Crippen molar-refractivity contribution in [2.75, 3.05) is 6.61 Å². The SMILES string of the molecule is Cc1cc[n+](CC(O)CO)c2ccccc12. The first-order valence-corrected chi connectivity index (χ1v) is 5.39. The molecule has 3 nitrogen and oxygen atoms in total. The fraction of sp³-hybridized carbons (Fsp3) is 0.308. The van der Waals surface area contributed by atoms with Crippen LogP contribution < -0.4 is 4.57 Å². The van der Waals surface area contributed by atoms with Gasteiger partial charge < -0.3 is 10.2 Å². The van der Waals surface area contributed by atoms with Crippen LogP contribution in [0.5, 0.6) is 0 Å². The molecule has 0 amide bonds. The van der Waals surface area contributed by atoms with Gasteiger partial charge in [-0.1, -0.05) is 12.1 Å². The Morgan fingerprint density at radius 2 is 2.00 bits per heavy atom. The first-order valence-electron chi connectivity index (χ1n) is 5.39. The van der Waals surface area contributed by atoms with Gasteiger partial charge in [-0.2, -0.15) is 4.57 Å². The third kappa shape index (κ3) is 2.05. The maximum absolute atomic E-state index is 9.47. The maximum Gasteiger partial charge on any atom is 0.212 e. The number of benzene rings is 1. The van der Waals surface area contributed by atoms with E-state index in [-0.39, 0.29) is 6.61 Å². The van der Waals surface area contributed by atoms with Gasteiger partial charge in [-0.3, -0.25) is 0 Å². The van der Waals surface area contributed by atoms with Gasteiger partial charge in [-0.15, -0.1) is 0 Å². The van der Waals surface area contributed by atoms with Crippen LogP contribution in [0.1, 0.15) is 5.56 Å². The number of para-hydroxylation sites is 1. The predicted molar refractivity (Wildman–Crippen MR) is 62.0 cm³/mol. The maximum atomic E-state index is 9.47. The summed E-state index contributed by atoms with van der Waals surface area (Å²) in [6.45, 7) is 2.27. The zero-order valence-electron chi connectivity index (χ0n) is 9.30. The molecule has 16 heavy (non-hydrogen) atoms. The average Bonchev–Trinajstić information content (AvgIpc) is 2.33. The van der Waals surface area contributed by atoms with Crippen molar-refractivity contribution in [2.45, 2.75) is 19.6 Å². The Balaban J connectivity index is 2.50. The van der Waals surface area contributed by atoms with E-state index < -0.39 is 6.10 Å². The van der Waals surface area contributed by atoms with Crippen molar-refractivity contribution in [1.82, 2.24) is 0 Å². The van der Waals surface area contributed by atoms with E-state index in [1.54, 1.807) is 0 Å². The van der Waals surface area contributed by atoms with E-state index in [9.17, 15) is 5.11 Å². The summed E-state index contributed by atoms with van der Waals surface area (Å²) < 4.78 is 1.96. The van der Waals surface area contributed by atoms with E-state index >= 15 is 0 Å². The van der Waals surface area contributed by atoms with E-state index in [2.05, 4.69) is 13.0 Å². The summed E-state index contributed by atoms with van der Waals surface area (Å²) in [7, 11) is 0. The summed E-state index contributed by atoms with van der Waals surface area (Å²) in [5.74, 6) is 0. The highest BCUT2D eigenvalue weighted by Gasteiger charge is 2.14. The zero-order valence-corrected chi connectivity index (χ0v) is 9.30. The molecule has 0 radical (unpaired) electrons. The third-order valence-corrected chi connectivity index (χ3v) is 2.76. The number of nitrogens with zero attached hydrogens (tertiary/aromatic N) is 1. The number of rotatable bonds is 3. The van der Waals surface area contributed by atoms with Crippen LogP contribution in [0, 0.1) is 6.92 Å². The Labute approximate surface area is 94.6 Å². The van der Waals surface area contributed by atoms with Gasteiger partial charge in [0.1, 0.15) is 6.10 Å². The normalized spacial score (nSPS) is 12.9. The number of aliphatic hydroxyl groups excluding tert-OH is 2. The number of hydrogen-bond acceptors (Lipinski definition) is 2. The monoisotopic (exact) mass is 218 g/mol. The fourth-order valence-electron chi connectivity index (χ4n) is 1.87. The second-order valence-corrected chi connectivity index (χ2v) is 4.00. The van der Waals surface area contributed by atoms with Gasteiger partial charge in [0.2, 0.25) is 5.52 Å². The Morgan fingerprint density at radius 3 is 2.75 bits per heavy atom. The highest BCUT2D eigenvalue weighted by Crippen LogP contribution is 2.13. The lowest BCUT2D eigenvalue weighted by Gasteiger charge is -2.06. The lowest BCUT2D eigenvalue weighted by atomic mass is 10.1. The lowest BCUT2D eigenvalue weighted by Crippen LogP contribution is -2.41. The number of fused-ring (bicyclic) bond motifs is 1. The van der Waals surface area contributed by atoms with E-state index in [0.717, 1.165) is 5.52 Å². The van der Waals surface area contributed by atoms with Crippen molar-refractivity contribution in [3.8, 4) is 0 Å². The highest BCUT2D eigenvalue weighted by atomic mass is 16.3. The van der Waals surface area contributed by atoms with Gasteiger partial charge in [0, 0.05) is 17.5 Å². The van der Waals surface area contributed by atoms with Crippen molar-refractivity contribution in [3.05, 3.63) is 42.1 Å². The molecule has 0 saturated carbocycles. The summed E-state index contributed by atoms with van der Waals surface area (Å²) in [5.41, 5.74) is 2.29. The van der Waals surface area contributed by atoms with Gasteiger partial charge in [-0.25, -0.2) is 0 Å². The largest absolute Gasteiger partial charge is 0.393 e. The van der Waals surface area contributed by atoms with E-state index in [0.29, 0.717) is 6.54 Å². The smallest absolute Gasteiger partial charge is 0.212 e. The van der Waals surface area contributed by atoms with Gasteiger partial charge in [0.15, 0.2) is 12.7 Å². The average molecular weight is 218 g/mol. The Kier molecular flexibility index (Phi) is 3.17. The Morgan fingerprint density at radius 1 is 1.25 bits per heavy atom. The molecule has 2 N–H and O–H groups in total. The summed E-state index contributed by atoms with van der Waals surface area (Å²) in [5, 5.41) is 19.5. The number of pyridine rings is 1. The van der Waals surface area contributed by atoms with Crippen LogP contribution in [-0.4, -0.2) is 22.9 Å². The van der Waals surface area contributed by atoms with Crippen LogP contribution in [0.3, 0.4) is 0 Å². The minimum absolute atomic E-state index is 0.213. The van der Waals surface area contributed by atoms with Crippen molar-refractivity contribution in [3.63, 3.8) is 0 Å². The van der Waals surface area contributed by atoms with Crippen LogP contribution in [0.25, 0.3) is 10.9 Å². The van der Waals surface area contributed by atoms with Crippen LogP contribution in [-0.2, 0) is 6.54 Å². The second kappa shape index (κ2) is 4.60. The zero-order chi connectivity index (χ0) is 11.5. The van der Waals surface area contributed by atoms with Crippen molar-refractivity contribution in [2.24, 2.45) is 0 Å². The summed E-state index contributed by atoms with van der Waals surface area (Å²) in [6.07, 6.45) is 1.23. The molecule has 0 aliphatic heterocycles. The molecule has 1 unspecified atom stereocenters. The summed E-state index contributed by atoms with van der Waals surface area (Å²) >= 11 is 0. The minimum Gasteiger partial charge on any atom is -0.393 e. The molecule has 1 heterocycles. The molecule has 0 fully saturated rings. The first kappa shape index (κ1) is 11.0. The third-order valence-electron chi connectivity index (χ3n) is 2.76. The Bertz CT molecular complexity index is 496. The van der Waals surface area contributed by atoms with E-state index in [1.165, 1.54) is 10.9 Å². The molecular formula is C13H16NO2+. The fourth-order valence-corrected chi connectivity index (χ4v) is 1.87. The molecule has 1 atom stereocenters. The molecule has 2 rings (SSSR count). The summed E-state index contributed by atoms with van der Waals surface area (Å²) in [4.78, 5) is 0. The molecule has 0 aliphatic carbocycles. The van der Waals surface area contributed by atoms with Crippen molar-refractivity contribution < 1.29 is 14.8 Å². The van der Waals surface area contributed by atoms with Crippen LogP contribution in [0.4, 0.5) is 0 Å². The van der Waals surface area contributed by atoms with E-state index in [1.807, 2.05) is 35.0 Å². The van der Waals surface area contributed by atoms with Crippen LogP contribution in [0.2, 0.25) is 0 Å². The number of aryl methyl sites for hydroxylation is 1. The van der Waals surface area contributed by atoms with Crippen LogP contribution in [0.15, 0.2) is 36.5 Å². The molecule has 84 valence electrons. The molecule has 1 aromatic heterocycles. The van der Waals surface area contributed by atoms with Crippen molar-refractivity contribution >= 4 is 10.9 Å². The van der Waals surface area contributed by atoms with Gasteiger partial charge in [0.25, 0.3) is 0 Å².